The fraction of sp³-hybridized carbons (Fsp3) is 0.238. The lowest BCUT2D eigenvalue weighted by Crippen LogP contribution is -2.14. The Bertz CT molecular complexity index is 669. The Hall–Kier alpha value is -1.30. The minimum Gasteiger partial charge on any atom is -0.120 e. The molecule has 0 saturated carbocycles. The highest BCUT2D eigenvalue weighted by molar-refractivity contribution is 8.05. The summed E-state index contributed by atoms with van der Waals surface area (Å²) in [4.78, 5) is 1.47. The van der Waals surface area contributed by atoms with Gasteiger partial charge in [-0.15, -0.1) is 11.8 Å². The lowest BCUT2D eigenvalue weighted by molar-refractivity contribution is 0.807. The summed E-state index contributed by atoms with van der Waals surface area (Å²) in [7, 11) is -0.448. The first-order valence-electron chi connectivity index (χ1n) is 8.03. The van der Waals surface area contributed by atoms with E-state index < -0.39 is 7.92 Å². The molecule has 0 heterocycles. The molecule has 23 heavy (non-hydrogen) atoms. The van der Waals surface area contributed by atoms with Crippen LogP contribution < -0.4 is 10.6 Å². The highest BCUT2D eigenvalue weighted by atomic mass is 32.2. The maximum absolute atomic E-state index is 2.33. The largest absolute Gasteiger partial charge is 0.120 e. The van der Waals surface area contributed by atoms with E-state index >= 15 is 0 Å². The Labute approximate surface area is 145 Å². The van der Waals surface area contributed by atoms with Crippen LogP contribution >= 0.6 is 19.7 Å². The minimum atomic E-state index is -0.448. The van der Waals surface area contributed by atoms with Crippen LogP contribution in [0.4, 0.5) is 0 Å². The van der Waals surface area contributed by atoms with E-state index in [-0.39, 0.29) is 4.75 Å². The number of hydrogen-bond acceptors (Lipinski definition) is 1. The zero-order valence-corrected chi connectivity index (χ0v) is 15.7. The molecule has 2 aromatic rings. The van der Waals surface area contributed by atoms with Crippen molar-refractivity contribution in [2.24, 2.45) is 0 Å². The summed E-state index contributed by atoms with van der Waals surface area (Å²) in [5, 5.41) is 4.48. The van der Waals surface area contributed by atoms with Crippen LogP contribution in [-0.4, -0.2) is 4.75 Å². The normalized spacial score (nSPS) is 14.8. The first-order chi connectivity index (χ1) is 11.0. The topological polar surface area (TPSA) is 0 Å². The zero-order valence-electron chi connectivity index (χ0n) is 14.0. The Kier molecular flexibility index (Phi) is 5.09. The molecule has 0 fully saturated rings. The van der Waals surface area contributed by atoms with Crippen molar-refractivity contribution in [1.29, 1.82) is 0 Å². The van der Waals surface area contributed by atoms with Gasteiger partial charge < -0.3 is 0 Å². The molecule has 0 N–H and O–H groups in total. The number of allylic oxidation sites excluding steroid dienone is 3. The molecule has 2 heteroatoms. The molecule has 0 atom stereocenters. The second-order valence-corrected chi connectivity index (χ2v) is 10.8. The van der Waals surface area contributed by atoms with Gasteiger partial charge in [0.05, 0.1) is 0 Å². The lowest BCUT2D eigenvalue weighted by atomic mass is 10.3. The smallest absolute Gasteiger partial charge is 0.0122 e. The van der Waals surface area contributed by atoms with Crippen LogP contribution in [0.5, 0.6) is 0 Å². The molecule has 0 unspecified atom stereocenters. The van der Waals surface area contributed by atoms with Crippen molar-refractivity contribution >= 4 is 30.3 Å². The van der Waals surface area contributed by atoms with Gasteiger partial charge in [-0.25, -0.2) is 0 Å². The fourth-order valence-corrected chi connectivity index (χ4v) is 6.59. The maximum Gasteiger partial charge on any atom is 0.0122 e. The Morgan fingerprint density at radius 2 is 1.35 bits per heavy atom. The predicted octanol–water partition coefficient (Wildman–Crippen LogP) is 5.82. The van der Waals surface area contributed by atoms with Crippen molar-refractivity contribution in [2.75, 3.05) is 0 Å². The van der Waals surface area contributed by atoms with Gasteiger partial charge in [-0.2, -0.15) is 0 Å². The SMILES string of the molecule is CC(C)(C)SC1=C(P(c2ccccc2)c2ccccc2)CC=C1. The third kappa shape index (κ3) is 4.16. The summed E-state index contributed by atoms with van der Waals surface area (Å²) in [5.74, 6) is 0. The maximum atomic E-state index is 2.33. The molecule has 2 aromatic carbocycles. The highest BCUT2D eigenvalue weighted by Crippen LogP contribution is 2.52. The minimum absolute atomic E-state index is 0.240. The molecule has 0 spiro atoms. The van der Waals surface area contributed by atoms with E-state index in [0.717, 1.165) is 6.42 Å². The van der Waals surface area contributed by atoms with Crippen molar-refractivity contribution in [3.8, 4) is 0 Å². The van der Waals surface area contributed by atoms with Gasteiger partial charge in [0.1, 0.15) is 0 Å². The molecule has 0 nitrogen and oxygen atoms in total. The van der Waals surface area contributed by atoms with Gasteiger partial charge in [-0.3, -0.25) is 0 Å². The first-order valence-corrected chi connectivity index (χ1v) is 10.2. The summed E-state index contributed by atoms with van der Waals surface area (Å²) in [6, 6.07) is 22.0. The van der Waals surface area contributed by atoms with Crippen LogP contribution in [0.2, 0.25) is 0 Å². The monoisotopic (exact) mass is 338 g/mol. The summed E-state index contributed by atoms with van der Waals surface area (Å²) in [6.45, 7) is 6.88. The first kappa shape index (κ1) is 16.6. The van der Waals surface area contributed by atoms with E-state index in [1.807, 2.05) is 11.8 Å². The Morgan fingerprint density at radius 3 is 1.83 bits per heavy atom. The Morgan fingerprint density at radius 1 is 0.826 bits per heavy atom. The average Bonchev–Trinajstić information content (AvgIpc) is 2.96. The molecule has 118 valence electrons. The molecule has 1 aliphatic carbocycles. The van der Waals surface area contributed by atoms with Crippen LogP contribution in [0.1, 0.15) is 27.2 Å². The van der Waals surface area contributed by atoms with Crippen molar-refractivity contribution < 1.29 is 0 Å². The molecule has 0 saturated heterocycles. The van der Waals surface area contributed by atoms with Crippen LogP contribution in [0.25, 0.3) is 0 Å². The fourth-order valence-electron chi connectivity index (χ4n) is 2.71. The number of hydrogen-bond donors (Lipinski definition) is 0. The molecular formula is C21H23PS. The molecule has 0 bridgehead atoms. The van der Waals surface area contributed by atoms with Crippen LogP contribution in [0.3, 0.4) is 0 Å². The van der Waals surface area contributed by atoms with Gasteiger partial charge in [0.2, 0.25) is 0 Å². The van der Waals surface area contributed by atoms with E-state index in [9.17, 15) is 0 Å². The summed E-state index contributed by atoms with van der Waals surface area (Å²) in [6.07, 6.45) is 5.73. The molecule has 1 aliphatic rings. The number of thioether (sulfide) groups is 1. The van der Waals surface area contributed by atoms with Crippen molar-refractivity contribution in [2.45, 2.75) is 31.9 Å². The van der Waals surface area contributed by atoms with Crippen molar-refractivity contribution in [3.05, 3.63) is 83.0 Å². The summed E-state index contributed by atoms with van der Waals surface area (Å²) < 4.78 is 0.240. The zero-order chi connectivity index (χ0) is 16.3. The van der Waals surface area contributed by atoms with Crippen LogP contribution in [-0.2, 0) is 0 Å². The van der Waals surface area contributed by atoms with Gasteiger partial charge in [0, 0.05) is 9.65 Å². The van der Waals surface area contributed by atoms with Gasteiger partial charge >= 0.3 is 0 Å². The lowest BCUT2D eigenvalue weighted by Gasteiger charge is -2.24. The van der Waals surface area contributed by atoms with Crippen LogP contribution in [0, 0.1) is 0 Å². The molecule has 0 amide bonds. The van der Waals surface area contributed by atoms with E-state index in [1.165, 1.54) is 15.5 Å². The van der Waals surface area contributed by atoms with Gasteiger partial charge in [-0.1, -0.05) is 93.6 Å². The molecule has 0 aromatic heterocycles. The number of benzene rings is 2. The molecule has 3 rings (SSSR count). The van der Waals surface area contributed by atoms with E-state index in [2.05, 4.69) is 93.6 Å². The summed E-state index contributed by atoms with van der Waals surface area (Å²) >= 11 is 2.00. The molecule has 0 aliphatic heterocycles. The molecular weight excluding hydrogens is 315 g/mol. The number of rotatable bonds is 4. The van der Waals surface area contributed by atoms with Gasteiger partial charge in [0.15, 0.2) is 0 Å². The third-order valence-electron chi connectivity index (χ3n) is 3.58. The quantitative estimate of drug-likeness (QED) is 0.633. The van der Waals surface area contributed by atoms with Gasteiger partial charge in [0.25, 0.3) is 0 Å². The standard InChI is InChI=1S/C21H23PS/c1-21(2,3)23-20-16-10-15-19(20)22(17-11-6-4-7-12-17)18-13-8-5-9-14-18/h4-14,16H,15H2,1-3H3. The third-order valence-corrected chi connectivity index (χ3v) is 7.54. The van der Waals surface area contributed by atoms with Crippen LogP contribution in [0.15, 0.2) is 83.0 Å². The van der Waals surface area contributed by atoms with Crippen molar-refractivity contribution in [3.63, 3.8) is 0 Å². The Balaban J connectivity index is 2.07. The van der Waals surface area contributed by atoms with Crippen molar-refractivity contribution in [1.82, 2.24) is 0 Å². The highest BCUT2D eigenvalue weighted by Gasteiger charge is 2.25. The van der Waals surface area contributed by atoms with Gasteiger partial charge in [-0.05, 0) is 30.3 Å². The van der Waals surface area contributed by atoms with E-state index in [1.54, 1.807) is 5.31 Å². The second-order valence-electron chi connectivity index (χ2n) is 6.64. The molecule has 0 radical (unpaired) electrons. The predicted molar refractivity (Wildman–Crippen MR) is 107 cm³/mol. The van der Waals surface area contributed by atoms with E-state index in [0.29, 0.717) is 0 Å². The second kappa shape index (κ2) is 7.07. The summed E-state index contributed by atoms with van der Waals surface area (Å²) in [5.41, 5.74) is 0. The van der Waals surface area contributed by atoms with E-state index in [4.69, 9.17) is 0 Å². The average molecular weight is 338 g/mol.